The maximum atomic E-state index is 13.8. The second-order valence-corrected chi connectivity index (χ2v) is 10.6. The van der Waals surface area contributed by atoms with E-state index in [1.165, 1.54) is 17.2 Å². The van der Waals surface area contributed by atoms with Crippen molar-refractivity contribution >= 4 is 17.3 Å². The highest BCUT2D eigenvalue weighted by molar-refractivity contribution is 5.73. The first kappa shape index (κ1) is 28.2. The molecule has 1 aromatic carbocycles. The van der Waals surface area contributed by atoms with Crippen LogP contribution >= 0.6 is 0 Å². The number of nitrogens with one attached hydrogen (secondary N) is 1. The van der Waals surface area contributed by atoms with Gasteiger partial charge in [-0.25, -0.2) is 14.6 Å². The first-order valence-electron chi connectivity index (χ1n) is 13.2. The van der Waals surface area contributed by atoms with Crippen LogP contribution in [0.5, 0.6) is 0 Å². The van der Waals surface area contributed by atoms with E-state index in [-0.39, 0.29) is 17.2 Å². The van der Waals surface area contributed by atoms with Crippen LogP contribution in [0.2, 0.25) is 0 Å². The first-order valence-corrected chi connectivity index (χ1v) is 13.2. The minimum Gasteiger partial charge on any atom is -0.444 e. The van der Waals surface area contributed by atoms with E-state index < -0.39 is 28.5 Å². The van der Waals surface area contributed by atoms with Crippen molar-refractivity contribution in [3.05, 3.63) is 62.1 Å². The molecule has 0 radical (unpaired) electrons. The lowest BCUT2D eigenvalue weighted by Gasteiger charge is -2.44. The Morgan fingerprint density at radius 3 is 2.41 bits per heavy atom. The molecule has 0 saturated heterocycles. The number of rotatable bonds is 5. The van der Waals surface area contributed by atoms with Crippen molar-refractivity contribution in [2.45, 2.75) is 91.3 Å². The number of aromatic amines is 1. The summed E-state index contributed by atoms with van der Waals surface area (Å²) in [6.45, 7) is 13.6. The van der Waals surface area contributed by atoms with Gasteiger partial charge in [-0.15, -0.1) is 0 Å². The van der Waals surface area contributed by atoms with Gasteiger partial charge in [-0.1, -0.05) is 51.5 Å². The first-order chi connectivity index (χ1) is 17.4. The third-order valence-electron chi connectivity index (χ3n) is 6.88. The van der Waals surface area contributed by atoms with E-state index in [1.54, 1.807) is 11.9 Å². The van der Waals surface area contributed by atoms with E-state index in [2.05, 4.69) is 17.1 Å². The summed E-state index contributed by atoms with van der Waals surface area (Å²) in [7, 11) is 3.03. The molecule has 9 heteroatoms. The zero-order chi connectivity index (χ0) is 27.7. The largest absolute Gasteiger partial charge is 0.444 e. The number of aryl methyl sites for hydroxylation is 2. The number of hydrogen-bond donors (Lipinski definition) is 1. The average molecular weight is 512 g/mol. The molecule has 0 aliphatic heterocycles. The molecule has 0 fully saturated rings. The molecular weight excluding hydrogens is 470 g/mol. The van der Waals surface area contributed by atoms with Gasteiger partial charge >= 0.3 is 11.8 Å². The summed E-state index contributed by atoms with van der Waals surface area (Å²) in [5.41, 5.74) is 0.315. The summed E-state index contributed by atoms with van der Waals surface area (Å²) in [6, 6.07) is 7.95. The molecule has 1 N–H and O–H groups in total. The molecule has 3 aromatic rings. The van der Waals surface area contributed by atoms with Crippen LogP contribution in [0.25, 0.3) is 11.2 Å². The fraction of sp³-hybridized carbons (Fsp3) is 0.571. The lowest BCUT2D eigenvalue weighted by Crippen LogP contribution is -2.51. The summed E-state index contributed by atoms with van der Waals surface area (Å²) in [5, 5.41) is 0. The van der Waals surface area contributed by atoms with Crippen LogP contribution in [-0.2, 0) is 30.8 Å². The normalized spacial score (nSPS) is 16.5. The van der Waals surface area contributed by atoms with E-state index in [4.69, 9.17) is 9.72 Å². The van der Waals surface area contributed by atoms with Gasteiger partial charge in [0.2, 0.25) is 0 Å². The van der Waals surface area contributed by atoms with E-state index in [1.807, 2.05) is 60.6 Å². The number of imidazole rings is 1. The minimum absolute atomic E-state index is 0.211. The Bertz CT molecular complexity index is 1390. The van der Waals surface area contributed by atoms with Gasteiger partial charge in [0, 0.05) is 14.1 Å². The fourth-order valence-corrected chi connectivity index (χ4v) is 5.21. The highest BCUT2D eigenvalue weighted by atomic mass is 16.6. The molecule has 0 spiro atoms. The maximum absolute atomic E-state index is 13.8. The van der Waals surface area contributed by atoms with Crippen LogP contribution < -0.4 is 11.2 Å². The number of ether oxygens (including phenoxy) is 1. The molecule has 2 aromatic heterocycles. The highest BCUT2D eigenvalue weighted by Crippen LogP contribution is 2.45. The number of aromatic nitrogens is 4. The van der Waals surface area contributed by atoms with E-state index in [0.717, 1.165) is 29.4 Å². The Balaban J connectivity index is 0.00000186. The molecule has 2 unspecified atom stereocenters. The van der Waals surface area contributed by atoms with E-state index in [9.17, 15) is 14.4 Å². The van der Waals surface area contributed by atoms with Crippen LogP contribution in [-0.4, -0.2) is 35.7 Å². The van der Waals surface area contributed by atoms with Crippen molar-refractivity contribution in [2.24, 2.45) is 14.1 Å². The van der Waals surface area contributed by atoms with Crippen molar-refractivity contribution in [3.8, 4) is 0 Å². The molecule has 1 aliphatic carbocycles. The maximum Gasteiger partial charge on any atom is 0.411 e. The number of fused-ring (bicyclic) bond motifs is 2. The quantitative estimate of drug-likeness (QED) is 0.523. The summed E-state index contributed by atoms with van der Waals surface area (Å²) in [5.74, 6) is 0.461. The topological polar surface area (TPSA) is 102 Å². The van der Waals surface area contributed by atoms with Crippen molar-refractivity contribution in [1.82, 2.24) is 24.0 Å². The van der Waals surface area contributed by atoms with Gasteiger partial charge < -0.3 is 9.72 Å². The van der Waals surface area contributed by atoms with Crippen LogP contribution in [0.4, 0.5) is 4.79 Å². The molecule has 0 saturated carbocycles. The Morgan fingerprint density at radius 2 is 1.78 bits per heavy atom. The second kappa shape index (κ2) is 10.6. The van der Waals surface area contributed by atoms with Gasteiger partial charge in [0.1, 0.15) is 22.5 Å². The van der Waals surface area contributed by atoms with Crippen LogP contribution in [0.1, 0.15) is 90.7 Å². The van der Waals surface area contributed by atoms with Crippen molar-refractivity contribution in [2.75, 3.05) is 0 Å². The van der Waals surface area contributed by atoms with Gasteiger partial charge in [-0.3, -0.25) is 18.8 Å². The Hall–Kier alpha value is -3.36. The monoisotopic (exact) mass is 511 g/mol. The average Bonchev–Trinajstić information content (AvgIpc) is 3.48. The number of hydrogen-bond acceptors (Lipinski definition) is 5. The molecule has 4 rings (SSSR count). The lowest BCUT2D eigenvalue weighted by atomic mass is 9.90. The summed E-state index contributed by atoms with van der Waals surface area (Å²) < 4.78 is 8.33. The van der Waals surface area contributed by atoms with Crippen molar-refractivity contribution < 1.29 is 9.53 Å². The predicted octanol–water partition coefficient (Wildman–Crippen LogP) is 4.93. The van der Waals surface area contributed by atoms with Gasteiger partial charge in [-0.2, -0.15) is 0 Å². The third-order valence-corrected chi connectivity index (χ3v) is 6.88. The smallest absolute Gasteiger partial charge is 0.411 e. The number of nitrogens with zero attached hydrogens (tertiary/aromatic N) is 4. The number of H-pyrrole nitrogens is 1. The van der Waals surface area contributed by atoms with Crippen molar-refractivity contribution in [1.29, 1.82) is 0 Å². The third kappa shape index (κ3) is 5.08. The van der Waals surface area contributed by atoms with E-state index >= 15 is 0 Å². The van der Waals surface area contributed by atoms with Gasteiger partial charge in [0.15, 0.2) is 5.65 Å². The minimum atomic E-state index is -0.917. The molecule has 1 amide bonds. The van der Waals surface area contributed by atoms with Gasteiger partial charge in [0.25, 0.3) is 5.56 Å². The second-order valence-electron chi connectivity index (χ2n) is 10.6. The van der Waals surface area contributed by atoms with Crippen LogP contribution in [0.15, 0.2) is 33.9 Å². The molecule has 2 heterocycles. The van der Waals surface area contributed by atoms with Crippen molar-refractivity contribution in [3.63, 3.8) is 0 Å². The number of carbonyl (C=O) groups is 1. The van der Waals surface area contributed by atoms with Crippen LogP contribution in [0, 0.1) is 0 Å². The zero-order valence-corrected chi connectivity index (χ0v) is 23.6. The lowest BCUT2D eigenvalue weighted by molar-refractivity contribution is -0.0220. The SMILES string of the molecule is CC.CCCC(C)(c1nc2c([nH]1)c(=O)n(C)c(=O)n2C)N(C(=O)OC(C)(C)C)C1CCc2ccccc21. The molecule has 37 heavy (non-hydrogen) atoms. The summed E-state index contributed by atoms with van der Waals surface area (Å²) in [4.78, 5) is 49.0. The number of carbonyl (C=O) groups excluding carboxylic acids is 1. The molecule has 0 bridgehead atoms. The molecule has 1 aliphatic rings. The Kier molecular flexibility index (Phi) is 8.05. The zero-order valence-electron chi connectivity index (χ0n) is 23.6. The Labute approximate surface area is 218 Å². The summed E-state index contributed by atoms with van der Waals surface area (Å²) >= 11 is 0. The molecule has 9 nitrogen and oxygen atoms in total. The van der Waals surface area contributed by atoms with Gasteiger partial charge in [0.05, 0.1) is 6.04 Å². The molecule has 2 atom stereocenters. The number of amides is 1. The van der Waals surface area contributed by atoms with Crippen LogP contribution in [0.3, 0.4) is 0 Å². The predicted molar refractivity (Wildman–Crippen MR) is 146 cm³/mol. The van der Waals surface area contributed by atoms with E-state index in [0.29, 0.717) is 12.2 Å². The van der Waals surface area contributed by atoms with Gasteiger partial charge in [-0.05, 0) is 58.1 Å². The number of benzene rings is 1. The fourth-order valence-electron chi connectivity index (χ4n) is 5.21. The highest BCUT2D eigenvalue weighted by Gasteiger charge is 2.47. The summed E-state index contributed by atoms with van der Waals surface area (Å²) in [6.07, 6.45) is 2.53. The molecule has 202 valence electrons. The standard InChI is InChI=1S/C26H35N5O4.C2H6/c1-8-15-26(5,22-27-19-20(28-22)29(6)23(33)30(7)21(19)32)31(24(34)35-25(2,3)4)18-14-13-16-11-9-10-12-17(16)18;1-2/h9-12,18H,8,13-15H2,1-7H3,(H,27,28);1-2H3. The Morgan fingerprint density at radius 1 is 1.14 bits per heavy atom. The molecular formula is C28H41N5O4.